The van der Waals surface area contributed by atoms with E-state index in [0.717, 1.165) is 13.1 Å². The molecule has 3 heteroatoms. The standard InChI is InChI=1S/C12H19NOS/c1-10(14)12-3-2-5-13(8-12)7-11-4-6-15-9-11/h4,6,9-10,12,14H,2-3,5,7-8H2,1H3/t10-,12-/m1/s1. The van der Waals surface area contributed by atoms with Gasteiger partial charge in [0.15, 0.2) is 0 Å². The predicted molar refractivity (Wildman–Crippen MR) is 64.0 cm³/mol. The maximum Gasteiger partial charge on any atom is 0.0552 e. The van der Waals surface area contributed by atoms with E-state index in [0.29, 0.717) is 5.92 Å². The van der Waals surface area contributed by atoms with Crippen LogP contribution in [-0.2, 0) is 6.54 Å². The molecule has 2 atom stereocenters. The van der Waals surface area contributed by atoms with E-state index in [4.69, 9.17) is 0 Å². The number of likely N-dealkylation sites (tertiary alicyclic amines) is 1. The second-order valence-electron chi connectivity index (χ2n) is 4.51. The lowest BCUT2D eigenvalue weighted by atomic mass is 9.93. The normalized spacial score (nSPS) is 25.3. The Bertz CT molecular complexity index is 284. The Morgan fingerprint density at radius 1 is 1.67 bits per heavy atom. The fourth-order valence-corrected chi connectivity index (χ4v) is 2.93. The van der Waals surface area contributed by atoms with Crippen LogP contribution in [0.1, 0.15) is 25.3 Å². The number of aliphatic hydroxyl groups excluding tert-OH is 1. The quantitative estimate of drug-likeness (QED) is 0.853. The second kappa shape index (κ2) is 5.10. The fourth-order valence-electron chi connectivity index (χ4n) is 2.27. The smallest absolute Gasteiger partial charge is 0.0552 e. The number of piperidine rings is 1. The van der Waals surface area contributed by atoms with Gasteiger partial charge in [0, 0.05) is 13.1 Å². The molecular weight excluding hydrogens is 206 g/mol. The molecule has 0 aromatic carbocycles. The molecule has 0 aliphatic carbocycles. The first-order chi connectivity index (χ1) is 7.25. The molecule has 0 unspecified atom stereocenters. The maximum atomic E-state index is 9.60. The molecule has 0 amide bonds. The highest BCUT2D eigenvalue weighted by Gasteiger charge is 2.23. The summed E-state index contributed by atoms with van der Waals surface area (Å²) in [5.74, 6) is 0.470. The van der Waals surface area contributed by atoms with E-state index in [2.05, 4.69) is 21.7 Å². The van der Waals surface area contributed by atoms with Gasteiger partial charge in [-0.1, -0.05) is 0 Å². The molecule has 1 N–H and O–H groups in total. The highest BCUT2D eigenvalue weighted by molar-refractivity contribution is 7.07. The number of nitrogens with zero attached hydrogens (tertiary/aromatic N) is 1. The molecular formula is C12H19NOS. The summed E-state index contributed by atoms with van der Waals surface area (Å²) in [6.45, 7) is 5.19. The largest absolute Gasteiger partial charge is 0.393 e. The van der Waals surface area contributed by atoms with Gasteiger partial charge >= 0.3 is 0 Å². The first kappa shape index (κ1) is 11.1. The van der Waals surface area contributed by atoms with E-state index < -0.39 is 0 Å². The summed E-state index contributed by atoms with van der Waals surface area (Å²) in [5.41, 5.74) is 1.41. The van der Waals surface area contributed by atoms with Gasteiger partial charge in [-0.05, 0) is 54.6 Å². The van der Waals surface area contributed by atoms with Crippen molar-refractivity contribution in [3.8, 4) is 0 Å². The molecule has 1 saturated heterocycles. The minimum Gasteiger partial charge on any atom is -0.393 e. The van der Waals surface area contributed by atoms with Crippen LogP contribution in [0.25, 0.3) is 0 Å². The molecule has 1 aromatic heterocycles. The van der Waals surface area contributed by atoms with Crippen LogP contribution in [0.5, 0.6) is 0 Å². The zero-order chi connectivity index (χ0) is 10.7. The minimum atomic E-state index is -0.157. The number of thiophene rings is 1. The van der Waals surface area contributed by atoms with E-state index >= 15 is 0 Å². The number of aliphatic hydroxyl groups is 1. The van der Waals surface area contributed by atoms with Crippen molar-refractivity contribution in [1.82, 2.24) is 4.90 Å². The first-order valence-electron chi connectivity index (χ1n) is 5.67. The Hall–Kier alpha value is -0.380. The van der Waals surface area contributed by atoms with Crippen LogP contribution < -0.4 is 0 Å². The van der Waals surface area contributed by atoms with Crippen molar-refractivity contribution in [2.75, 3.05) is 13.1 Å². The number of hydrogen-bond acceptors (Lipinski definition) is 3. The van der Waals surface area contributed by atoms with Crippen molar-refractivity contribution in [2.24, 2.45) is 5.92 Å². The Morgan fingerprint density at radius 3 is 3.20 bits per heavy atom. The molecule has 15 heavy (non-hydrogen) atoms. The molecule has 2 rings (SSSR count). The number of rotatable bonds is 3. The monoisotopic (exact) mass is 225 g/mol. The lowest BCUT2D eigenvalue weighted by Gasteiger charge is -2.33. The molecule has 2 nitrogen and oxygen atoms in total. The Labute approximate surface area is 95.5 Å². The van der Waals surface area contributed by atoms with E-state index in [1.54, 1.807) is 11.3 Å². The van der Waals surface area contributed by atoms with Gasteiger partial charge in [0.25, 0.3) is 0 Å². The van der Waals surface area contributed by atoms with Crippen molar-refractivity contribution in [2.45, 2.75) is 32.4 Å². The molecule has 1 aliphatic heterocycles. The van der Waals surface area contributed by atoms with Crippen molar-refractivity contribution >= 4 is 11.3 Å². The summed E-state index contributed by atoms with van der Waals surface area (Å²) in [6.07, 6.45) is 2.24. The van der Waals surface area contributed by atoms with E-state index in [1.807, 2.05) is 6.92 Å². The Kier molecular flexibility index (Phi) is 3.78. The molecule has 1 aliphatic rings. The third-order valence-electron chi connectivity index (χ3n) is 3.21. The van der Waals surface area contributed by atoms with Gasteiger partial charge in [0.1, 0.15) is 0 Å². The second-order valence-corrected chi connectivity index (χ2v) is 5.29. The summed E-state index contributed by atoms with van der Waals surface area (Å²) in [7, 11) is 0. The summed E-state index contributed by atoms with van der Waals surface area (Å²) < 4.78 is 0. The lowest BCUT2D eigenvalue weighted by molar-refractivity contribution is 0.0599. The van der Waals surface area contributed by atoms with Crippen LogP contribution in [0.15, 0.2) is 16.8 Å². The van der Waals surface area contributed by atoms with Crippen LogP contribution in [-0.4, -0.2) is 29.2 Å². The molecule has 2 heterocycles. The SMILES string of the molecule is C[C@@H](O)[C@@H]1CCCN(Cc2ccsc2)C1. The summed E-state index contributed by atoms with van der Waals surface area (Å²) in [4.78, 5) is 2.46. The van der Waals surface area contributed by atoms with Crippen molar-refractivity contribution in [1.29, 1.82) is 0 Å². The average molecular weight is 225 g/mol. The van der Waals surface area contributed by atoms with Gasteiger partial charge in [0.2, 0.25) is 0 Å². The van der Waals surface area contributed by atoms with Gasteiger partial charge in [-0.2, -0.15) is 11.3 Å². The van der Waals surface area contributed by atoms with Gasteiger partial charge in [-0.25, -0.2) is 0 Å². The zero-order valence-corrected chi connectivity index (χ0v) is 10.0. The molecule has 0 spiro atoms. The van der Waals surface area contributed by atoms with Crippen LogP contribution in [0.3, 0.4) is 0 Å². The van der Waals surface area contributed by atoms with E-state index in [-0.39, 0.29) is 6.10 Å². The van der Waals surface area contributed by atoms with Gasteiger partial charge in [0.05, 0.1) is 6.10 Å². The van der Waals surface area contributed by atoms with E-state index in [1.165, 1.54) is 24.9 Å². The summed E-state index contributed by atoms with van der Waals surface area (Å²) in [6, 6.07) is 2.19. The summed E-state index contributed by atoms with van der Waals surface area (Å²) in [5, 5.41) is 13.9. The maximum absolute atomic E-state index is 9.60. The molecule has 0 bridgehead atoms. The number of hydrogen-bond donors (Lipinski definition) is 1. The first-order valence-corrected chi connectivity index (χ1v) is 6.61. The van der Waals surface area contributed by atoms with Crippen LogP contribution in [0.2, 0.25) is 0 Å². The van der Waals surface area contributed by atoms with Crippen LogP contribution >= 0.6 is 11.3 Å². The molecule has 1 aromatic rings. The summed E-state index contributed by atoms with van der Waals surface area (Å²) >= 11 is 1.76. The molecule has 1 fully saturated rings. The third kappa shape index (κ3) is 3.03. The highest BCUT2D eigenvalue weighted by Crippen LogP contribution is 2.21. The topological polar surface area (TPSA) is 23.5 Å². The van der Waals surface area contributed by atoms with Crippen LogP contribution in [0, 0.1) is 5.92 Å². The molecule has 0 radical (unpaired) electrons. The minimum absolute atomic E-state index is 0.157. The highest BCUT2D eigenvalue weighted by atomic mass is 32.1. The van der Waals surface area contributed by atoms with Crippen LogP contribution in [0.4, 0.5) is 0 Å². The van der Waals surface area contributed by atoms with Crippen molar-refractivity contribution in [3.63, 3.8) is 0 Å². The Balaban J connectivity index is 1.88. The van der Waals surface area contributed by atoms with Crippen molar-refractivity contribution in [3.05, 3.63) is 22.4 Å². The lowest BCUT2D eigenvalue weighted by Crippen LogP contribution is -2.38. The van der Waals surface area contributed by atoms with E-state index in [9.17, 15) is 5.11 Å². The van der Waals surface area contributed by atoms with Gasteiger partial charge in [-0.3, -0.25) is 4.90 Å². The molecule has 84 valence electrons. The van der Waals surface area contributed by atoms with Gasteiger partial charge < -0.3 is 5.11 Å². The third-order valence-corrected chi connectivity index (χ3v) is 3.94. The van der Waals surface area contributed by atoms with Crippen molar-refractivity contribution < 1.29 is 5.11 Å². The average Bonchev–Trinajstić information content (AvgIpc) is 2.71. The van der Waals surface area contributed by atoms with Gasteiger partial charge in [-0.15, -0.1) is 0 Å². The zero-order valence-electron chi connectivity index (χ0n) is 9.22. The molecule has 0 saturated carbocycles. The predicted octanol–water partition coefficient (Wildman–Crippen LogP) is 2.34. The Morgan fingerprint density at radius 2 is 2.53 bits per heavy atom. The fraction of sp³-hybridized carbons (Fsp3) is 0.667.